The Kier molecular flexibility index (Phi) is 3.24. The summed E-state index contributed by atoms with van der Waals surface area (Å²) in [6, 6.07) is 7.89. The second-order valence-corrected chi connectivity index (χ2v) is 4.96. The molecule has 1 aliphatic rings. The minimum absolute atomic E-state index is 0.107. The Balaban J connectivity index is 2.29. The van der Waals surface area contributed by atoms with Gasteiger partial charge in [-0.1, -0.05) is 13.0 Å². The molecule has 1 N–H and O–H groups in total. The minimum Gasteiger partial charge on any atom is -0.481 e. The van der Waals surface area contributed by atoms with E-state index in [4.69, 9.17) is 10.4 Å². The van der Waals surface area contributed by atoms with E-state index in [1.807, 2.05) is 36.9 Å². The molecule has 0 saturated carbocycles. The molecule has 1 aliphatic heterocycles. The average Bonchev–Trinajstić information content (AvgIpc) is 2.71. The SMILES string of the molecule is Cc1ccc(N2CC(C)C(C(=O)O)C2)c(C#N)c1. The Labute approximate surface area is 106 Å². The predicted molar refractivity (Wildman–Crippen MR) is 68.4 cm³/mol. The topological polar surface area (TPSA) is 64.3 Å². The molecule has 1 aromatic rings. The van der Waals surface area contributed by atoms with Gasteiger partial charge in [0.15, 0.2) is 0 Å². The van der Waals surface area contributed by atoms with Gasteiger partial charge in [0.1, 0.15) is 6.07 Å². The van der Waals surface area contributed by atoms with Crippen LogP contribution < -0.4 is 4.90 Å². The Morgan fingerprint density at radius 1 is 1.50 bits per heavy atom. The number of carboxylic acids is 1. The molecule has 0 spiro atoms. The fourth-order valence-corrected chi connectivity index (χ4v) is 2.50. The number of hydrogen-bond donors (Lipinski definition) is 1. The van der Waals surface area contributed by atoms with Crippen molar-refractivity contribution in [2.24, 2.45) is 11.8 Å². The summed E-state index contributed by atoms with van der Waals surface area (Å²) in [5, 5.41) is 18.3. The lowest BCUT2D eigenvalue weighted by Gasteiger charge is -2.19. The summed E-state index contributed by atoms with van der Waals surface area (Å²) in [6.07, 6.45) is 0. The van der Waals surface area contributed by atoms with Gasteiger partial charge in [-0.25, -0.2) is 0 Å². The zero-order valence-corrected chi connectivity index (χ0v) is 10.6. The van der Waals surface area contributed by atoms with Gasteiger partial charge < -0.3 is 10.0 Å². The Morgan fingerprint density at radius 3 is 2.78 bits per heavy atom. The van der Waals surface area contributed by atoms with Crippen molar-refractivity contribution in [1.29, 1.82) is 5.26 Å². The highest BCUT2D eigenvalue weighted by atomic mass is 16.4. The van der Waals surface area contributed by atoms with E-state index in [-0.39, 0.29) is 11.8 Å². The maximum atomic E-state index is 11.1. The lowest BCUT2D eigenvalue weighted by Crippen LogP contribution is -2.23. The van der Waals surface area contributed by atoms with E-state index >= 15 is 0 Å². The molecule has 0 radical (unpaired) electrons. The van der Waals surface area contributed by atoms with Gasteiger partial charge in [0.25, 0.3) is 0 Å². The van der Waals surface area contributed by atoms with Crippen molar-refractivity contribution < 1.29 is 9.90 Å². The lowest BCUT2D eigenvalue weighted by molar-refractivity contribution is -0.142. The van der Waals surface area contributed by atoms with Crippen molar-refractivity contribution in [2.45, 2.75) is 13.8 Å². The molecule has 18 heavy (non-hydrogen) atoms. The number of aliphatic carboxylic acids is 1. The van der Waals surface area contributed by atoms with Crippen molar-refractivity contribution in [3.05, 3.63) is 29.3 Å². The zero-order valence-electron chi connectivity index (χ0n) is 10.6. The first-order chi connectivity index (χ1) is 8.52. The Bertz CT molecular complexity index is 519. The van der Waals surface area contributed by atoms with Crippen LogP contribution in [-0.2, 0) is 4.79 Å². The van der Waals surface area contributed by atoms with Crippen molar-refractivity contribution in [3.63, 3.8) is 0 Å². The van der Waals surface area contributed by atoms with Crippen LogP contribution in [0.5, 0.6) is 0 Å². The van der Waals surface area contributed by atoms with Gasteiger partial charge in [-0.05, 0) is 30.5 Å². The van der Waals surface area contributed by atoms with Crippen LogP contribution in [0.3, 0.4) is 0 Å². The van der Waals surface area contributed by atoms with Gasteiger partial charge in [0.2, 0.25) is 0 Å². The Morgan fingerprint density at radius 2 is 2.22 bits per heavy atom. The summed E-state index contributed by atoms with van der Waals surface area (Å²) in [6.45, 7) is 5.05. The van der Waals surface area contributed by atoms with E-state index in [0.717, 1.165) is 11.3 Å². The molecular weight excluding hydrogens is 228 g/mol. The maximum absolute atomic E-state index is 11.1. The number of nitriles is 1. The van der Waals surface area contributed by atoms with Crippen LogP contribution in [0.1, 0.15) is 18.1 Å². The number of hydrogen-bond acceptors (Lipinski definition) is 3. The van der Waals surface area contributed by atoms with Gasteiger partial charge in [0.05, 0.1) is 17.2 Å². The molecule has 0 aromatic heterocycles. The molecule has 1 fully saturated rings. The van der Waals surface area contributed by atoms with Gasteiger partial charge in [-0.3, -0.25) is 4.79 Å². The van der Waals surface area contributed by atoms with Gasteiger partial charge in [0, 0.05) is 13.1 Å². The van der Waals surface area contributed by atoms with Crippen molar-refractivity contribution in [1.82, 2.24) is 0 Å². The van der Waals surface area contributed by atoms with Crippen LogP contribution in [0.25, 0.3) is 0 Å². The van der Waals surface area contributed by atoms with E-state index in [2.05, 4.69) is 6.07 Å². The van der Waals surface area contributed by atoms with E-state index < -0.39 is 5.97 Å². The van der Waals surface area contributed by atoms with Crippen LogP contribution in [0.4, 0.5) is 5.69 Å². The second kappa shape index (κ2) is 4.69. The van der Waals surface area contributed by atoms with Crippen molar-refractivity contribution in [3.8, 4) is 6.07 Å². The van der Waals surface area contributed by atoms with Crippen LogP contribution in [0.2, 0.25) is 0 Å². The largest absolute Gasteiger partial charge is 0.481 e. The summed E-state index contributed by atoms with van der Waals surface area (Å²) in [5.41, 5.74) is 2.50. The molecule has 4 nitrogen and oxygen atoms in total. The van der Waals surface area contributed by atoms with Crippen molar-refractivity contribution >= 4 is 11.7 Å². The monoisotopic (exact) mass is 244 g/mol. The van der Waals surface area contributed by atoms with E-state index in [1.165, 1.54) is 0 Å². The number of nitrogens with zero attached hydrogens (tertiary/aromatic N) is 2. The molecular formula is C14H16N2O2. The number of carboxylic acid groups (broad SMARTS) is 1. The normalized spacial score (nSPS) is 22.8. The van der Waals surface area contributed by atoms with Crippen LogP contribution in [0, 0.1) is 30.1 Å². The van der Waals surface area contributed by atoms with Crippen LogP contribution in [0.15, 0.2) is 18.2 Å². The fourth-order valence-electron chi connectivity index (χ4n) is 2.50. The summed E-state index contributed by atoms with van der Waals surface area (Å²) in [7, 11) is 0. The first-order valence-corrected chi connectivity index (χ1v) is 6.01. The van der Waals surface area contributed by atoms with Crippen LogP contribution >= 0.6 is 0 Å². The van der Waals surface area contributed by atoms with Gasteiger partial charge in [-0.2, -0.15) is 5.26 Å². The molecule has 94 valence electrons. The minimum atomic E-state index is -0.754. The highest BCUT2D eigenvalue weighted by Crippen LogP contribution is 2.30. The number of aryl methyl sites for hydroxylation is 1. The quantitative estimate of drug-likeness (QED) is 0.864. The fraction of sp³-hybridized carbons (Fsp3) is 0.429. The standard InChI is InChI=1S/C14H16N2O2/c1-9-3-4-13(11(5-9)6-15)16-7-10(2)12(8-16)14(17)18/h3-5,10,12H,7-8H2,1-2H3,(H,17,18). The smallest absolute Gasteiger partial charge is 0.308 e. The molecule has 2 unspecified atom stereocenters. The van der Waals surface area contributed by atoms with Crippen LogP contribution in [-0.4, -0.2) is 24.2 Å². The third-order valence-electron chi connectivity index (χ3n) is 3.54. The van der Waals surface area contributed by atoms with Crippen molar-refractivity contribution in [2.75, 3.05) is 18.0 Å². The summed E-state index contributed by atoms with van der Waals surface area (Å²) < 4.78 is 0. The third-order valence-corrected chi connectivity index (χ3v) is 3.54. The Hall–Kier alpha value is -2.02. The molecule has 1 aromatic carbocycles. The highest BCUT2D eigenvalue weighted by Gasteiger charge is 2.35. The molecule has 0 bridgehead atoms. The first-order valence-electron chi connectivity index (χ1n) is 6.01. The van der Waals surface area contributed by atoms with Gasteiger partial charge >= 0.3 is 5.97 Å². The van der Waals surface area contributed by atoms with E-state index in [9.17, 15) is 4.79 Å². The first kappa shape index (κ1) is 12.4. The number of benzene rings is 1. The molecule has 2 rings (SSSR count). The molecule has 1 saturated heterocycles. The lowest BCUT2D eigenvalue weighted by atomic mass is 9.99. The summed E-state index contributed by atoms with van der Waals surface area (Å²) >= 11 is 0. The summed E-state index contributed by atoms with van der Waals surface area (Å²) in [4.78, 5) is 13.1. The zero-order chi connectivity index (χ0) is 13.3. The highest BCUT2D eigenvalue weighted by molar-refractivity contribution is 5.73. The molecule has 1 heterocycles. The number of carbonyl (C=O) groups is 1. The third kappa shape index (κ3) is 2.17. The maximum Gasteiger partial charge on any atom is 0.308 e. The average molecular weight is 244 g/mol. The molecule has 0 amide bonds. The molecule has 0 aliphatic carbocycles. The predicted octanol–water partition coefficient (Wildman–Crippen LogP) is 2.02. The number of rotatable bonds is 2. The summed E-state index contributed by atoms with van der Waals surface area (Å²) in [5.74, 6) is -0.996. The second-order valence-electron chi connectivity index (χ2n) is 4.96. The van der Waals surface area contributed by atoms with E-state index in [1.54, 1.807) is 0 Å². The van der Waals surface area contributed by atoms with E-state index in [0.29, 0.717) is 18.7 Å². The van der Waals surface area contributed by atoms with Gasteiger partial charge in [-0.15, -0.1) is 0 Å². The molecule has 4 heteroatoms. The molecule has 2 atom stereocenters. The number of anilines is 1.